The number of esters is 1. The lowest BCUT2D eigenvalue weighted by molar-refractivity contribution is -0.338. The molecule has 4 atom stereocenters. The van der Waals surface area contributed by atoms with Crippen molar-refractivity contribution < 1.29 is 24.5 Å². The van der Waals surface area contributed by atoms with Gasteiger partial charge in [0.1, 0.15) is 5.60 Å². The summed E-state index contributed by atoms with van der Waals surface area (Å²) in [4.78, 5) is 22.7. The molecular weight excluding hydrogens is 236 g/mol. The number of carboxylic acids is 1. The highest BCUT2D eigenvalue weighted by molar-refractivity contribution is 5.74. The molecule has 0 aliphatic heterocycles. The number of aliphatic hydroxyl groups is 1. The molecule has 4 bridgehead atoms. The summed E-state index contributed by atoms with van der Waals surface area (Å²) in [6.07, 6.45) is 2.73. The SMILES string of the molecule is CC(=O)OC12CC3CC(O)(C1)CC(C(=O)[O-])(C3)C2. The van der Waals surface area contributed by atoms with E-state index in [2.05, 4.69) is 0 Å². The van der Waals surface area contributed by atoms with E-state index in [4.69, 9.17) is 4.74 Å². The van der Waals surface area contributed by atoms with E-state index in [1.54, 1.807) is 0 Å². The molecule has 0 heterocycles. The molecule has 4 rings (SSSR count). The molecule has 4 aliphatic carbocycles. The first kappa shape index (κ1) is 12.0. The Hall–Kier alpha value is -1.10. The molecule has 5 heteroatoms. The van der Waals surface area contributed by atoms with Crippen LogP contribution >= 0.6 is 0 Å². The van der Waals surface area contributed by atoms with Gasteiger partial charge in [-0.1, -0.05) is 0 Å². The van der Waals surface area contributed by atoms with Gasteiger partial charge in [-0.25, -0.2) is 0 Å². The molecule has 0 radical (unpaired) electrons. The van der Waals surface area contributed by atoms with Gasteiger partial charge in [0.05, 0.1) is 5.60 Å². The van der Waals surface area contributed by atoms with Crippen LogP contribution in [0, 0.1) is 11.3 Å². The van der Waals surface area contributed by atoms with Crippen LogP contribution in [0.15, 0.2) is 0 Å². The first-order valence-corrected chi connectivity index (χ1v) is 6.40. The minimum Gasteiger partial charge on any atom is -0.550 e. The molecule has 18 heavy (non-hydrogen) atoms. The van der Waals surface area contributed by atoms with E-state index in [0.29, 0.717) is 32.1 Å². The van der Waals surface area contributed by atoms with Crippen molar-refractivity contribution in [3.63, 3.8) is 0 Å². The maximum absolute atomic E-state index is 11.5. The van der Waals surface area contributed by atoms with Gasteiger partial charge in [-0.3, -0.25) is 4.79 Å². The second-order valence-corrected chi connectivity index (χ2v) is 6.58. The van der Waals surface area contributed by atoms with Crippen LogP contribution in [0.3, 0.4) is 0 Å². The molecule has 0 aromatic carbocycles. The Bertz CT molecular complexity index is 433. The quantitative estimate of drug-likeness (QED) is 0.686. The maximum Gasteiger partial charge on any atom is 0.303 e. The molecule has 1 N–H and O–H groups in total. The van der Waals surface area contributed by atoms with E-state index < -0.39 is 28.6 Å². The average Bonchev–Trinajstić information content (AvgIpc) is 2.09. The zero-order chi connectivity index (χ0) is 13.2. The van der Waals surface area contributed by atoms with Gasteiger partial charge in [0.25, 0.3) is 0 Å². The number of ether oxygens (including phenoxy) is 1. The molecule has 4 saturated carbocycles. The summed E-state index contributed by atoms with van der Waals surface area (Å²) in [6.45, 7) is 1.33. The van der Waals surface area contributed by atoms with E-state index in [9.17, 15) is 19.8 Å². The number of rotatable bonds is 2. The van der Waals surface area contributed by atoms with Crippen molar-refractivity contribution >= 4 is 11.9 Å². The Morgan fingerprint density at radius 2 is 1.94 bits per heavy atom. The summed E-state index contributed by atoms with van der Waals surface area (Å²) in [5.74, 6) is -1.40. The highest BCUT2D eigenvalue weighted by Crippen LogP contribution is 2.64. The Kier molecular flexibility index (Phi) is 2.17. The Balaban J connectivity index is 2.00. The van der Waals surface area contributed by atoms with Crippen molar-refractivity contribution in [1.82, 2.24) is 0 Å². The van der Waals surface area contributed by atoms with Gasteiger partial charge in [-0.2, -0.15) is 0 Å². The molecule has 4 aliphatic rings. The molecule has 4 fully saturated rings. The molecule has 0 aromatic heterocycles. The van der Waals surface area contributed by atoms with E-state index in [1.807, 2.05) is 0 Å². The Morgan fingerprint density at radius 1 is 1.22 bits per heavy atom. The molecule has 0 aromatic rings. The van der Waals surface area contributed by atoms with E-state index in [-0.39, 0.29) is 12.3 Å². The summed E-state index contributed by atoms with van der Waals surface area (Å²) in [7, 11) is 0. The largest absolute Gasteiger partial charge is 0.550 e. The van der Waals surface area contributed by atoms with Crippen molar-refractivity contribution in [3.8, 4) is 0 Å². The Labute approximate surface area is 105 Å². The summed E-state index contributed by atoms with van der Waals surface area (Å²) in [5, 5.41) is 22.0. The Morgan fingerprint density at radius 3 is 2.50 bits per heavy atom. The van der Waals surface area contributed by atoms with Crippen LogP contribution < -0.4 is 5.11 Å². The van der Waals surface area contributed by atoms with Crippen molar-refractivity contribution in [2.24, 2.45) is 11.3 Å². The maximum atomic E-state index is 11.5. The first-order chi connectivity index (χ1) is 8.27. The number of hydrogen-bond acceptors (Lipinski definition) is 5. The van der Waals surface area contributed by atoms with Crippen molar-refractivity contribution in [1.29, 1.82) is 0 Å². The predicted octanol–water partition coefficient (Wildman–Crippen LogP) is -0.247. The molecule has 0 saturated heterocycles. The van der Waals surface area contributed by atoms with Gasteiger partial charge in [0.15, 0.2) is 0 Å². The van der Waals surface area contributed by atoms with Crippen molar-refractivity contribution in [3.05, 3.63) is 0 Å². The van der Waals surface area contributed by atoms with Crippen LogP contribution in [0.25, 0.3) is 0 Å². The van der Waals surface area contributed by atoms with E-state index in [0.717, 1.165) is 0 Å². The van der Waals surface area contributed by atoms with Crippen LogP contribution in [0.5, 0.6) is 0 Å². The fourth-order valence-corrected chi connectivity index (χ4v) is 4.95. The summed E-state index contributed by atoms with van der Waals surface area (Å²) in [6, 6.07) is 0. The van der Waals surface area contributed by atoms with Crippen LogP contribution in [0.4, 0.5) is 0 Å². The fourth-order valence-electron chi connectivity index (χ4n) is 4.95. The summed E-state index contributed by atoms with van der Waals surface area (Å²) < 4.78 is 5.40. The zero-order valence-corrected chi connectivity index (χ0v) is 10.4. The van der Waals surface area contributed by atoms with E-state index in [1.165, 1.54) is 6.92 Å². The smallest absolute Gasteiger partial charge is 0.303 e. The molecule has 5 nitrogen and oxygen atoms in total. The topological polar surface area (TPSA) is 86.7 Å². The molecule has 0 amide bonds. The van der Waals surface area contributed by atoms with Gasteiger partial charge in [-0.15, -0.1) is 0 Å². The lowest BCUT2D eigenvalue weighted by atomic mass is 9.46. The minimum absolute atomic E-state index is 0.114. The second kappa shape index (κ2) is 3.26. The third-order valence-electron chi connectivity index (χ3n) is 4.78. The standard InChI is InChI=1S/C13H18O5/c1-8(14)18-13-4-9-2-11(6-13,10(15)16)5-12(17,3-9)7-13/h9,17H,2-7H2,1H3,(H,15,16)/p-1. The average molecular weight is 253 g/mol. The van der Waals surface area contributed by atoms with Gasteiger partial charge in [0.2, 0.25) is 0 Å². The number of carboxylic acid groups (broad SMARTS) is 1. The fraction of sp³-hybridized carbons (Fsp3) is 0.846. The number of carbonyl (C=O) groups is 2. The summed E-state index contributed by atoms with van der Waals surface area (Å²) >= 11 is 0. The van der Waals surface area contributed by atoms with Gasteiger partial charge in [-0.05, 0) is 38.0 Å². The second-order valence-electron chi connectivity index (χ2n) is 6.58. The van der Waals surface area contributed by atoms with Gasteiger partial charge >= 0.3 is 5.97 Å². The highest BCUT2D eigenvalue weighted by Gasteiger charge is 2.65. The van der Waals surface area contributed by atoms with Crippen LogP contribution in [-0.4, -0.2) is 28.2 Å². The first-order valence-electron chi connectivity index (χ1n) is 6.40. The van der Waals surface area contributed by atoms with Crippen LogP contribution in [0.1, 0.15) is 45.4 Å². The third-order valence-corrected chi connectivity index (χ3v) is 4.78. The van der Waals surface area contributed by atoms with Gasteiger partial charge in [0, 0.05) is 24.7 Å². The summed E-state index contributed by atoms with van der Waals surface area (Å²) in [5.41, 5.74) is -2.81. The van der Waals surface area contributed by atoms with E-state index >= 15 is 0 Å². The molecule has 100 valence electrons. The normalized spacial score (nSPS) is 49.1. The number of aliphatic carboxylic acids is 1. The van der Waals surface area contributed by atoms with Crippen LogP contribution in [0.2, 0.25) is 0 Å². The monoisotopic (exact) mass is 253 g/mol. The minimum atomic E-state index is -1.11. The molecular formula is C13H17O5-. The van der Waals surface area contributed by atoms with Crippen LogP contribution in [-0.2, 0) is 14.3 Å². The zero-order valence-electron chi connectivity index (χ0n) is 10.4. The van der Waals surface area contributed by atoms with Crippen molar-refractivity contribution in [2.45, 2.75) is 56.7 Å². The number of carbonyl (C=O) groups excluding carboxylic acids is 2. The van der Waals surface area contributed by atoms with Gasteiger partial charge < -0.3 is 19.7 Å². The third kappa shape index (κ3) is 1.56. The number of hydrogen-bond donors (Lipinski definition) is 1. The molecule has 4 unspecified atom stereocenters. The molecule has 0 spiro atoms. The van der Waals surface area contributed by atoms with Crippen molar-refractivity contribution in [2.75, 3.05) is 0 Å². The lowest BCUT2D eigenvalue weighted by Gasteiger charge is -2.64. The predicted molar refractivity (Wildman–Crippen MR) is 58.1 cm³/mol. The highest BCUT2D eigenvalue weighted by atomic mass is 16.6. The lowest BCUT2D eigenvalue weighted by Crippen LogP contribution is -2.67.